The van der Waals surface area contributed by atoms with Crippen molar-refractivity contribution in [2.75, 3.05) is 0 Å². The van der Waals surface area contributed by atoms with Crippen LogP contribution in [0.1, 0.15) is 20.8 Å². The Bertz CT molecular complexity index is 55.2. The summed E-state index contributed by atoms with van der Waals surface area (Å²) in [5, 5.41) is 0. The van der Waals surface area contributed by atoms with Gasteiger partial charge >= 0.3 is 0 Å². The van der Waals surface area contributed by atoms with Gasteiger partial charge in [0.1, 0.15) is 0 Å². The highest BCUT2D eigenvalue weighted by Crippen LogP contribution is 1.86. The third-order valence-electron chi connectivity index (χ3n) is 0.487. The zero-order valence-electron chi connectivity index (χ0n) is 5.14. The van der Waals surface area contributed by atoms with Crippen molar-refractivity contribution in [2.45, 2.75) is 26.9 Å². The van der Waals surface area contributed by atoms with Crippen molar-refractivity contribution < 1.29 is 4.74 Å². The molecule has 0 fully saturated rings. The van der Waals surface area contributed by atoms with Crippen LogP contribution in [-0.2, 0) is 4.74 Å². The molecule has 42 valence electrons. The number of hydrogen-bond donors (Lipinski definition) is 0. The van der Waals surface area contributed by atoms with E-state index in [-0.39, 0.29) is 0 Å². The summed E-state index contributed by atoms with van der Waals surface area (Å²) in [6.45, 7) is 5.93. The van der Waals surface area contributed by atoms with Gasteiger partial charge in [-0.25, -0.2) is 0 Å². The van der Waals surface area contributed by atoms with Crippen LogP contribution in [0.3, 0.4) is 0 Å². The number of ether oxygens (including phenoxy) is 1. The predicted molar refractivity (Wildman–Crippen MR) is 31.0 cm³/mol. The third kappa shape index (κ3) is 5.54. The van der Waals surface area contributed by atoms with Gasteiger partial charge in [0, 0.05) is 0 Å². The number of rotatable bonds is 2. The molecule has 0 atom stereocenters. The lowest BCUT2D eigenvalue weighted by Crippen LogP contribution is -1.93. The lowest BCUT2D eigenvalue weighted by molar-refractivity contribution is 0.179. The second kappa shape index (κ2) is 3.72. The zero-order chi connectivity index (χ0) is 5.70. The molecule has 0 aliphatic carbocycles. The summed E-state index contributed by atoms with van der Waals surface area (Å²) in [6, 6.07) is 0. The quantitative estimate of drug-likeness (QED) is 0.482. The Morgan fingerprint density at radius 3 is 2.14 bits per heavy atom. The van der Waals surface area contributed by atoms with E-state index in [1.54, 1.807) is 6.26 Å². The minimum absolute atomic E-state index is 0.316. The molecule has 0 aliphatic heterocycles. The highest BCUT2D eigenvalue weighted by Gasteiger charge is 1.82. The first-order chi connectivity index (χ1) is 3.27. The average molecular weight is 100 g/mol. The highest BCUT2D eigenvalue weighted by atomic mass is 16.5. The topological polar surface area (TPSA) is 9.23 Å². The molecule has 7 heavy (non-hydrogen) atoms. The molecule has 0 radical (unpaired) electrons. The second-order valence-electron chi connectivity index (χ2n) is 1.65. The molecule has 0 aromatic rings. The van der Waals surface area contributed by atoms with Crippen LogP contribution in [0.4, 0.5) is 0 Å². The molecular formula is C6H12O. The third-order valence-corrected chi connectivity index (χ3v) is 0.487. The van der Waals surface area contributed by atoms with Crippen LogP contribution >= 0.6 is 0 Å². The predicted octanol–water partition coefficient (Wildman–Crippen LogP) is 1.95. The number of hydrogen-bond acceptors (Lipinski definition) is 1. The van der Waals surface area contributed by atoms with Crippen LogP contribution in [-0.4, -0.2) is 6.10 Å². The first-order valence-electron chi connectivity index (χ1n) is 2.54. The fourth-order valence-electron chi connectivity index (χ4n) is 0.236. The van der Waals surface area contributed by atoms with Gasteiger partial charge in [0.2, 0.25) is 0 Å². The van der Waals surface area contributed by atoms with Crippen LogP contribution < -0.4 is 0 Å². The highest BCUT2D eigenvalue weighted by molar-refractivity contribution is 4.65. The molecule has 0 aromatic heterocycles. The fourth-order valence-corrected chi connectivity index (χ4v) is 0.236. The van der Waals surface area contributed by atoms with Crippen molar-refractivity contribution >= 4 is 0 Å². The monoisotopic (exact) mass is 100 g/mol. The molecule has 0 unspecified atom stereocenters. The summed E-state index contributed by atoms with van der Waals surface area (Å²) in [5.41, 5.74) is 0. The summed E-state index contributed by atoms with van der Waals surface area (Å²) in [5.74, 6) is 0. The van der Waals surface area contributed by atoms with Gasteiger partial charge in [0.15, 0.2) is 0 Å². The molecule has 0 spiro atoms. The van der Waals surface area contributed by atoms with Crippen LogP contribution in [0.15, 0.2) is 12.3 Å². The van der Waals surface area contributed by atoms with Crippen LogP contribution in [0, 0.1) is 0 Å². The minimum atomic E-state index is 0.316. The Kier molecular flexibility index (Phi) is 3.48. The van der Waals surface area contributed by atoms with E-state index in [9.17, 15) is 0 Å². The van der Waals surface area contributed by atoms with Gasteiger partial charge in [-0.15, -0.1) is 0 Å². The minimum Gasteiger partial charge on any atom is -0.499 e. The average Bonchev–Trinajstić information content (AvgIpc) is 1.61. The largest absolute Gasteiger partial charge is 0.499 e. The van der Waals surface area contributed by atoms with E-state index >= 15 is 0 Å². The molecule has 0 N–H and O–H groups in total. The van der Waals surface area contributed by atoms with Gasteiger partial charge in [-0.3, -0.25) is 0 Å². The molecule has 1 heteroatoms. The molecular weight excluding hydrogens is 88.1 g/mol. The van der Waals surface area contributed by atoms with Crippen molar-refractivity contribution in [2.24, 2.45) is 0 Å². The summed E-state index contributed by atoms with van der Waals surface area (Å²) in [4.78, 5) is 0. The normalized spacial score (nSPS) is 10.9. The lowest BCUT2D eigenvalue weighted by Gasteiger charge is -2.00. The van der Waals surface area contributed by atoms with Gasteiger partial charge in [-0.2, -0.15) is 0 Å². The van der Waals surface area contributed by atoms with E-state index in [0.717, 1.165) is 0 Å². The lowest BCUT2D eigenvalue weighted by atomic mass is 10.5. The van der Waals surface area contributed by atoms with Gasteiger partial charge in [-0.05, 0) is 20.8 Å². The van der Waals surface area contributed by atoms with Crippen molar-refractivity contribution in [1.82, 2.24) is 0 Å². The second-order valence-corrected chi connectivity index (χ2v) is 1.65. The van der Waals surface area contributed by atoms with E-state index in [0.29, 0.717) is 6.10 Å². The smallest absolute Gasteiger partial charge is 0.0922 e. The van der Waals surface area contributed by atoms with Crippen molar-refractivity contribution in [3.8, 4) is 0 Å². The summed E-state index contributed by atoms with van der Waals surface area (Å²) >= 11 is 0. The molecule has 1 nitrogen and oxygen atoms in total. The molecule has 0 amide bonds. The molecule has 0 bridgehead atoms. The maximum atomic E-state index is 5.01. The van der Waals surface area contributed by atoms with E-state index in [4.69, 9.17) is 4.74 Å². The van der Waals surface area contributed by atoms with E-state index in [1.165, 1.54) is 0 Å². The summed E-state index contributed by atoms with van der Waals surface area (Å²) in [7, 11) is 0. The molecule has 0 aliphatic rings. The first-order valence-corrected chi connectivity index (χ1v) is 2.54. The molecule has 0 saturated carbocycles. The summed E-state index contributed by atoms with van der Waals surface area (Å²) < 4.78 is 5.01. The Balaban J connectivity index is 2.97. The van der Waals surface area contributed by atoms with Crippen LogP contribution in [0.25, 0.3) is 0 Å². The first kappa shape index (κ1) is 6.54. The van der Waals surface area contributed by atoms with Gasteiger partial charge in [-0.1, -0.05) is 6.08 Å². The maximum absolute atomic E-state index is 5.01. The van der Waals surface area contributed by atoms with E-state index in [2.05, 4.69) is 0 Å². The molecule has 0 heterocycles. The SMILES string of the molecule is CC=COC(C)C. The summed E-state index contributed by atoms with van der Waals surface area (Å²) in [6.07, 6.45) is 3.89. The standard InChI is InChI=1S/C6H12O/c1-4-5-7-6(2)3/h4-6H,1-3H3. The van der Waals surface area contributed by atoms with Gasteiger partial charge < -0.3 is 4.74 Å². The Hall–Kier alpha value is -0.460. The Morgan fingerprint density at radius 2 is 2.00 bits per heavy atom. The van der Waals surface area contributed by atoms with Crippen LogP contribution in [0.2, 0.25) is 0 Å². The van der Waals surface area contributed by atoms with Gasteiger partial charge in [0.25, 0.3) is 0 Å². The Morgan fingerprint density at radius 1 is 1.43 bits per heavy atom. The molecule has 0 aromatic carbocycles. The van der Waals surface area contributed by atoms with Crippen LogP contribution in [0.5, 0.6) is 0 Å². The number of allylic oxidation sites excluding steroid dienone is 1. The van der Waals surface area contributed by atoms with Crippen molar-refractivity contribution in [3.05, 3.63) is 12.3 Å². The van der Waals surface area contributed by atoms with E-state index < -0.39 is 0 Å². The van der Waals surface area contributed by atoms with Gasteiger partial charge in [0.05, 0.1) is 12.4 Å². The van der Waals surface area contributed by atoms with E-state index in [1.807, 2.05) is 26.8 Å². The van der Waals surface area contributed by atoms with Crippen molar-refractivity contribution in [1.29, 1.82) is 0 Å². The molecule has 0 rings (SSSR count). The maximum Gasteiger partial charge on any atom is 0.0922 e. The Labute approximate surface area is 45.0 Å². The van der Waals surface area contributed by atoms with Crippen molar-refractivity contribution in [3.63, 3.8) is 0 Å². The zero-order valence-corrected chi connectivity index (χ0v) is 5.14. The molecule has 0 saturated heterocycles. The fraction of sp³-hybridized carbons (Fsp3) is 0.667.